The number of benzene rings is 1. The molecule has 1 aromatic rings. The first-order chi connectivity index (χ1) is 8.50. The van der Waals surface area contributed by atoms with Crippen molar-refractivity contribution in [2.24, 2.45) is 0 Å². The van der Waals surface area contributed by atoms with Crippen LogP contribution >= 0.6 is 19.4 Å². The minimum Gasteiger partial charge on any atom is -0.404 e. The van der Waals surface area contributed by atoms with E-state index in [2.05, 4.69) is 0 Å². The Hall–Kier alpha value is -0.540. The molecule has 0 saturated carbocycles. The zero-order valence-corrected chi connectivity index (χ0v) is 12.5. The predicted octanol–water partition coefficient (Wildman–Crippen LogP) is 4.08. The van der Waals surface area contributed by atoms with Gasteiger partial charge in [0.05, 0.1) is 13.2 Å². The van der Waals surface area contributed by atoms with Gasteiger partial charge in [0, 0.05) is 5.88 Å². The summed E-state index contributed by atoms with van der Waals surface area (Å²) in [6.07, 6.45) is 0. The Kier molecular flexibility index (Phi) is 6.16. The summed E-state index contributed by atoms with van der Waals surface area (Å²) < 4.78 is 27.8. The third kappa shape index (κ3) is 4.62. The van der Waals surface area contributed by atoms with Gasteiger partial charge < -0.3 is 4.52 Å². The first-order valence-corrected chi connectivity index (χ1v) is 7.72. The summed E-state index contributed by atoms with van der Waals surface area (Å²) in [6, 6.07) is 5.56. The minimum atomic E-state index is -3.58. The van der Waals surface area contributed by atoms with Crippen LogP contribution in [0.25, 0.3) is 0 Å². The van der Waals surface area contributed by atoms with Crippen molar-refractivity contribution in [2.45, 2.75) is 20.8 Å². The van der Waals surface area contributed by atoms with Crippen molar-refractivity contribution < 1.29 is 18.1 Å². The van der Waals surface area contributed by atoms with Crippen molar-refractivity contribution in [1.82, 2.24) is 0 Å². The number of halogens is 1. The fraction of sp³-hybridized carbons (Fsp3) is 0.500. The van der Waals surface area contributed by atoms with Crippen molar-refractivity contribution in [3.05, 3.63) is 29.3 Å². The monoisotopic (exact) mass is 292 g/mol. The molecular formula is C12H18ClO4P. The van der Waals surface area contributed by atoms with Gasteiger partial charge in [-0.25, -0.2) is 4.57 Å². The summed E-state index contributed by atoms with van der Waals surface area (Å²) in [5.74, 6) is 0.722. The highest BCUT2D eigenvalue weighted by molar-refractivity contribution is 7.48. The molecule has 18 heavy (non-hydrogen) atoms. The third-order valence-corrected chi connectivity index (χ3v) is 3.80. The van der Waals surface area contributed by atoms with Crippen LogP contribution in [0.4, 0.5) is 0 Å². The van der Waals surface area contributed by atoms with Gasteiger partial charge in [-0.1, -0.05) is 17.7 Å². The molecule has 0 amide bonds. The number of phosphoric ester groups is 1. The van der Waals surface area contributed by atoms with E-state index in [1.54, 1.807) is 13.0 Å². The maximum Gasteiger partial charge on any atom is 0.530 e. The molecule has 0 aromatic heterocycles. The van der Waals surface area contributed by atoms with Crippen LogP contribution in [0.1, 0.15) is 18.1 Å². The Bertz CT molecular complexity index is 436. The standard InChI is InChI=1S/C12H18ClO4P/c1-4-15-18(14,16-8-7-13)17-12-6-5-10(2)9-11(12)3/h5-6,9H,4,7-8H2,1-3H3. The quantitative estimate of drug-likeness (QED) is 0.561. The highest BCUT2D eigenvalue weighted by Gasteiger charge is 2.28. The third-order valence-electron chi connectivity index (χ3n) is 2.15. The van der Waals surface area contributed by atoms with Crippen LogP contribution in [0.3, 0.4) is 0 Å². The normalized spacial score (nSPS) is 14.2. The number of alkyl halides is 1. The zero-order valence-electron chi connectivity index (χ0n) is 10.8. The zero-order chi connectivity index (χ0) is 13.6. The average molecular weight is 293 g/mol. The molecule has 0 spiro atoms. The van der Waals surface area contributed by atoms with Gasteiger partial charge in [-0.15, -0.1) is 11.6 Å². The number of hydrogen-bond acceptors (Lipinski definition) is 4. The number of phosphoric acid groups is 1. The number of hydrogen-bond donors (Lipinski definition) is 0. The van der Waals surface area contributed by atoms with Crippen molar-refractivity contribution in [3.8, 4) is 5.75 Å². The van der Waals surface area contributed by atoms with Crippen LogP contribution in [0, 0.1) is 13.8 Å². The molecular weight excluding hydrogens is 275 g/mol. The van der Waals surface area contributed by atoms with E-state index in [9.17, 15) is 4.57 Å². The van der Waals surface area contributed by atoms with Gasteiger partial charge in [0.1, 0.15) is 5.75 Å². The second-order valence-electron chi connectivity index (χ2n) is 3.75. The molecule has 1 unspecified atom stereocenters. The summed E-state index contributed by atoms with van der Waals surface area (Å²) in [5.41, 5.74) is 1.98. The van der Waals surface area contributed by atoms with Crippen molar-refractivity contribution in [3.63, 3.8) is 0 Å². The lowest BCUT2D eigenvalue weighted by molar-refractivity contribution is 0.168. The van der Waals surface area contributed by atoms with Crippen molar-refractivity contribution in [2.75, 3.05) is 19.1 Å². The summed E-state index contributed by atoms with van der Waals surface area (Å²) in [7, 11) is -3.58. The van der Waals surface area contributed by atoms with E-state index >= 15 is 0 Å². The summed E-state index contributed by atoms with van der Waals surface area (Å²) in [4.78, 5) is 0. The fourth-order valence-electron chi connectivity index (χ4n) is 1.42. The van der Waals surface area contributed by atoms with Gasteiger partial charge in [-0.2, -0.15) is 0 Å². The van der Waals surface area contributed by atoms with Gasteiger partial charge in [-0.3, -0.25) is 9.05 Å². The van der Waals surface area contributed by atoms with E-state index < -0.39 is 7.82 Å². The highest BCUT2D eigenvalue weighted by atomic mass is 35.5. The molecule has 102 valence electrons. The van der Waals surface area contributed by atoms with E-state index in [1.807, 2.05) is 26.0 Å². The maximum atomic E-state index is 12.3. The van der Waals surface area contributed by atoms with Crippen LogP contribution < -0.4 is 4.52 Å². The van der Waals surface area contributed by atoms with Crippen LogP contribution in [0.5, 0.6) is 5.75 Å². The lowest BCUT2D eigenvalue weighted by atomic mass is 10.1. The van der Waals surface area contributed by atoms with Crippen molar-refractivity contribution in [1.29, 1.82) is 0 Å². The number of rotatable bonds is 7. The predicted molar refractivity (Wildman–Crippen MR) is 72.4 cm³/mol. The van der Waals surface area contributed by atoms with Crippen LogP contribution in [-0.4, -0.2) is 19.1 Å². The molecule has 0 N–H and O–H groups in total. The van der Waals surface area contributed by atoms with Crippen molar-refractivity contribution >= 4 is 19.4 Å². The largest absolute Gasteiger partial charge is 0.530 e. The Morgan fingerprint density at radius 1 is 1.28 bits per heavy atom. The Morgan fingerprint density at radius 3 is 2.56 bits per heavy atom. The molecule has 0 saturated heterocycles. The average Bonchev–Trinajstić information content (AvgIpc) is 2.31. The molecule has 1 rings (SSSR count). The van der Waals surface area contributed by atoms with E-state index in [0.717, 1.165) is 11.1 Å². The minimum absolute atomic E-state index is 0.115. The lowest BCUT2D eigenvalue weighted by Crippen LogP contribution is -2.05. The molecule has 1 aromatic carbocycles. The molecule has 0 aliphatic heterocycles. The summed E-state index contributed by atoms with van der Waals surface area (Å²) in [5, 5.41) is 0. The molecule has 0 heterocycles. The Labute approximate surface area is 113 Å². The van der Waals surface area contributed by atoms with Gasteiger partial charge >= 0.3 is 7.82 Å². The molecule has 6 heteroatoms. The molecule has 0 aliphatic rings. The van der Waals surface area contributed by atoms with Gasteiger partial charge in [0.15, 0.2) is 0 Å². The molecule has 4 nitrogen and oxygen atoms in total. The first kappa shape index (κ1) is 15.5. The molecule has 1 atom stereocenters. The topological polar surface area (TPSA) is 44.8 Å². The van der Waals surface area contributed by atoms with E-state index in [-0.39, 0.29) is 19.1 Å². The Morgan fingerprint density at radius 2 is 2.00 bits per heavy atom. The number of aryl methyl sites for hydroxylation is 2. The molecule has 0 radical (unpaired) electrons. The maximum absolute atomic E-state index is 12.3. The van der Waals surface area contributed by atoms with Crippen LogP contribution in [0.2, 0.25) is 0 Å². The van der Waals surface area contributed by atoms with E-state index in [4.69, 9.17) is 25.2 Å². The highest BCUT2D eigenvalue weighted by Crippen LogP contribution is 2.50. The molecule has 0 aliphatic carbocycles. The Balaban J connectivity index is 2.85. The smallest absolute Gasteiger partial charge is 0.404 e. The summed E-state index contributed by atoms with van der Waals surface area (Å²) >= 11 is 5.51. The SMILES string of the molecule is CCOP(=O)(OCCCl)Oc1ccc(C)cc1C. The first-order valence-electron chi connectivity index (χ1n) is 5.72. The van der Waals surface area contributed by atoms with Gasteiger partial charge in [0.25, 0.3) is 0 Å². The van der Waals surface area contributed by atoms with E-state index in [1.165, 1.54) is 0 Å². The molecule has 0 fully saturated rings. The fourth-order valence-corrected chi connectivity index (χ4v) is 2.86. The second kappa shape index (κ2) is 7.15. The summed E-state index contributed by atoms with van der Waals surface area (Å²) in [6.45, 7) is 5.93. The van der Waals surface area contributed by atoms with Gasteiger partial charge in [-0.05, 0) is 32.4 Å². The van der Waals surface area contributed by atoms with Crippen LogP contribution in [-0.2, 0) is 13.6 Å². The van der Waals surface area contributed by atoms with Crippen LogP contribution in [0.15, 0.2) is 18.2 Å². The van der Waals surface area contributed by atoms with Gasteiger partial charge in [0.2, 0.25) is 0 Å². The second-order valence-corrected chi connectivity index (χ2v) is 5.72. The molecule has 0 bridgehead atoms. The lowest BCUT2D eigenvalue weighted by Gasteiger charge is -2.18. The van der Waals surface area contributed by atoms with E-state index in [0.29, 0.717) is 5.75 Å².